The molecular weight excluding hydrogens is 204 g/mol. The van der Waals surface area contributed by atoms with E-state index in [-0.39, 0.29) is 5.41 Å². The van der Waals surface area contributed by atoms with Crippen LogP contribution in [0.4, 0.5) is 0 Å². The van der Waals surface area contributed by atoms with E-state index >= 15 is 0 Å². The molecule has 88 valence electrons. The Hall–Kier alpha value is -1.55. The maximum atomic E-state index is 10.7. The van der Waals surface area contributed by atoms with Gasteiger partial charge in [-0.15, -0.1) is 0 Å². The summed E-state index contributed by atoms with van der Waals surface area (Å²) in [4.78, 5) is 10.7. The first-order valence-electron chi connectivity index (χ1n) is 5.22. The molecule has 1 aliphatic rings. The molecule has 0 amide bonds. The van der Waals surface area contributed by atoms with Crippen molar-refractivity contribution in [3.05, 3.63) is 36.2 Å². The number of hydrogen-bond donors (Lipinski definition) is 3. The Morgan fingerprint density at radius 1 is 1.50 bits per heavy atom. The molecule has 1 rings (SSSR count). The number of rotatable bonds is 4. The first-order valence-corrected chi connectivity index (χ1v) is 5.22. The van der Waals surface area contributed by atoms with Gasteiger partial charge in [-0.2, -0.15) is 0 Å². The summed E-state index contributed by atoms with van der Waals surface area (Å²) < 4.78 is 0. The van der Waals surface area contributed by atoms with Crippen molar-refractivity contribution in [2.75, 3.05) is 0 Å². The van der Waals surface area contributed by atoms with Crippen LogP contribution in [0.1, 0.15) is 20.3 Å². The molecule has 4 N–H and O–H groups in total. The van der Waals surface area contributed by atoms with Crippen LogP contribution in [0, 0.1) is 5.41 Å². The standard InChI is InChI=1S/C12H18N2O2/c1-12(2,8-9(13)11(15)16)10-6-4-3-5-7-14-10/h3-7,9,14H,8,13H2,1-2H3,(H,15,16)/t9-/m0/s1. The van der Waals surface area contributed by atoms with E-state index in [1.807, 2.05) is 44.4 Å². The number of carbonyl (C=O) groups is 1. The van der Waals surface area contributed by atoms with Crippen molar-refractivity contribution >= 4 is 5.97 Å². The number of carboxylic acids is 1. The monoisotopic (exact) mass is 222 g/mol. The van der Waals surface area contributed by atoms with Gasteiger partial charge in [-0.3, -0.25) is 4.79 Å². The van der Waals surface area contributed by atoms with Gasteiger partial charge in [0.05, 0.1) is 0 Å². The number of aliphatic carboxylic acids is 1. The van der Waals surface area contributed by atoms with Crippen LogP contribution < -0.4 is 11.1 Å². The van der Waals surface area contributed by atoms with E-state index in [4.69, 9.17) is 10.8 Å². The second-order valence-electron chi connectivity index (χ2n) is 4.50. The van der Waals surface area contributed by atoms with Crippen molar-refractivity contribution in [1.29, 1.82) is 0 Å². The Balaban J connectivity index is 2.76. The van der Waals surface area contributed by atoms with Crippen LogP contribution in [0.3, 0.4) is 0 Å². The zero-order valence-corrected chi connectivity index (χ0v) is 9.60. The summed E-state index contributed by atoms with van der Waals surface area (Å²) in [7, 11) is 0. The minimum Gasteiger partial charge on any atom is -0.480 e. The van der Waals surface area contributed by atoms with Crippen molar-refractivity contribution in [3.8, 4) is 0 Å². The van der Waals surface area contributed by atoms with Gasteiger partial charge >= 0.3 is 5.97 Å². The van der Waals surface area contributed by atoms with Gasteiger partial charge in [-0.05, 0) is 18.6 Å². The first-order chi connectivity index (χ1) is 7.43. The Labute approximate surface area is 95.5 Å². The fourth-order valence-electron chi connectivity index (χ4n) is 1.63. The van der Waals surface area contributed by atoms with Crippen LogP contribution in [0.25, 0.3) is 0 Å². The zero-order valence-electron chi connectivity index (χ0n) is 9.60. The van der Waals surface area contributed by atoms with Gasteiger partial charge in [0.1, 0.15) is 6.04 Å². The van der Waals surface area contributed by atoms with Gasteiger partial charge in [-0.1, -0.05) is 26.0 Å². The molecule has 0 aliphatic carbocycles. The summed E-state index contributed by atoms with van der Waals surface area (Å²) in [5.41, 5.74) is 6.23. The maximum Gasteiger partial charge on any atom is 0.320 e. The van der Waals surface area contributed by atoms with Crippen molar-refractivity contribution in [3.63, 3.8) is 0 Å². The predicted octanol–water partition coefficient (Wildman–Crippen LogP) is 1.37. The molecule has 0 unspecified atom stereocenters. The van der Waals surface area contributed by atoms with E-state index in [0.29, 0.717) is 6.42 Å². The van der Waals surface area contributed by atoms with Gasteiger partial charge in [0.25, 0.3) is 0 Å². The molecule has 1 aliphatic heterocycles. The summed E-state index contributed by atoms with van der Waals surface area (Å²) in [5.74, 6) is -0.964. The largest absolute Gasteiger partial charge is 0.480 e. The smallest absolute Gasteiger partial charge is 0.320 e. The third-order valence-electron chi connectivity index (χ3n) is 2.60. The van der Waals surface area contributed by atoms with Crippen LogP contribution in [0.2, 0.25) is 0 Å². The highest BCUT2D eigenvalue weighted by atomic mass is 16.4. The summed E-state index contributed by atoms with van der Waals surface area (Å²) in [6.45, 7) is 3.95. The van der Waals surface area contributed by atoms with E-state index < -0.39 is 12.0 Å². The molecule has 0 saturated carbocycles. The molecule has 4 heteroatoms. The average molecular weight is 222 g/mol. The van der Waals surface area contributed by atoms with E-state index in [0.717, 1.165) is 5.70 Å². The molecule has 16 heavy (non-hydrogen) atoms. The lowest BCUT2D eigenvalue weighted by molar-refractivity contribution is -0.139. The minimum atomic E-state index is -0.964. The first kappa shape index (κ1) is 12.5. The van der Waals surface area contributed by atoms with Crippen LogP contribution in [0.15, 0.2) is 36.2 Å². The van der Waals surface area contributed by atoms with Gasteiger partial charge in [0, 0.05) is 17.3 Å². The van der Waals surface area contributed by atoms with E-state index in [1.165, 1.54) is 0 Å². The number of nitrogens with one attached hydrogen (secondary N) is 1. The Bertz CT molecular complexity index is 354. The van der Waals surface area contributed by atoms with Crippen molar-refractivity contribution < 1.29 is 9.90 Å². The highest BCUT2D eigenvalue weighted by molar-refractivity contribution is 5.73. The molecule has 0 aromatic heterocycles. The fraction of sp³-hybridized carbons (Fsp3) is 0.417. The molecule has 0 aromatic carbocycles. The van der Waals surface area contributed by atoms with Crippen LogP contribution in [-0.2, 0) is 4.79 Å². The van der Waals surface area contributed by atoms with Crippen LogP contribution >= 0.6 is 0 Å². The second kappa shape index (κ2) is 4.99. The third kappa shape index (κ3) is 3.24. The summed E-state index contributed by atoms with van der Waals surface area (Å²) >= 11 is 0. The van der Waals surface area contributed by atoms with E-state index in [1.54, 1.807) is 0 Å². The fourth-order valence-corrected chi connectivity index (χ4v) is 1.63. The predicted molar refractivity (Wildman–Crippen MR) is 63.5 cm³/mol. The lowest BCUT2D eigenvalue weighted by Gasteiger charge is -2.29. The molecule has 4 nitrogen and oxygen atoms in total. The highest BCUT2D eigenvalue weighted by Gasteiger charge is 2.28. The Morgan fingerprint density at radius 2 is 2.19 bits per heavy atom. The maximum absolute atomic E-state index is 10.7. The second-order valence-corrected chi connectivity index (χ2v) is 4.50. The quantitative estimate of drug-likeness (QED) is 0.671. The molecule has 1 atom stereocenters. The Morgan fingerprint density at radius 3 is 2.81 bits per heavy atom. The number of nitrogens with two attached hydrogens (primary N) is 1. The highest BCUT2D eigenvalue weighted by Crippen LogP contribution is 2.30. The third-order valence-corrected chi connectivity index (χ3v) is 2.60. The molecule has 0 bridgehead atoms. The van der Waals surface area contributed by atoms with Gasteiger partial charge in [-0.25, -0.2) is 0 Å². The summed E-state index contributed by atoms with van der Waals surface area (Å²) in [6.07, 6.45) is 9.87. The zero-order chi connectivity index (χ0) is 12.2. The summed E-state index contributed by atoms with van der Waals surface area (Å²) in [5, 5.41) is 11.9. The van der Waals surface area contributed by atoms with Crippen LogP contribution in [0.5, 0.6) is 0 Å². The van der Waals surface area contributed by atoms with E-state index in [9.17, 15) is 4.79 Å². The molecular formula is C12H18N2O2. The summed E-state index contributed by atoms with van der Waals surface area (Å²) in [6, 6.07) is -0.839. The molecule has 0 radical (unpaired) electrons. The molecule has 1 heterocycles. The number of allylic oxidation sites excluding steroid dienone is 5. The van der Waals surface area contributed by atoms with Crippen molar-refractivity contribution in [2.24, 2.45) is 11.1 Å². The van der Waals surface area contributed by atoms with Crippen molar-refractivity contribution in [2.45, 2.75) is 26.3 Å². The molecule has 0 fully saturated rings. The SMILES string of the molecule is CC(C)(C[C@H](N)C(=O)O)C1=CC=CC=CN1. The molecule has 0 spiro atoms. The van der Waals surface area contributed by atoms with Crippen molar-refractivity contribution in [1.82, 2.24) is 5.32 Å². The topological polar surface area (TPSA) is 75.4 Å². The number of hydrogen-bond acceptors (Lipinski definition) is 3. The normalized spacial score (nSPS) is 17.3. The van der Waals surface area contributed by atoms with Gasteiger partial charge < -0.3 is 16.2 Å². The molecule has 0 aromatic rings. The van der Waals surface area contributed by atoms with Gasteiger partial charge in [0.15, 0.2) is 0 Å². The average Bonchev–Trinajstić information content (AvgIpc) is 2.45. The lowest BCUT2D eigenvalue weighted by Crippen LogP contribution is -2.37. The molecule has 0 saturated heterocycles. The minimum absolute atomic E-state index is 0.295. The number of carboxylic acid groups (broad SMARTS) is 1. The Kier molecular flexibility index (Phi) is 3.90. The lowest BCUT2D eigenvalue weighted by atomic mass is 9.82. The van der Waals surface area contributed by atoms with Gasteiger partial charge in [0.2, 0.25) is 0 Å². The van der Waals surface area contributed by atoms with E-state index in [2.05, 4.69) is 5.32 Å². The van der Waals surface area contributed by atoms with Crippen LogP contribution in [-0.4, -0.2) is 17.1 Å².